The minimum absolute atomic E-state index is 0.0104. The summed E-state index contributed by atoms with van der Waals surface area (Å²) in [5.41, 5.74) is 5.89. The van der Waals surface area contributed by atoms with Crippen LogP contribution in [0.25, 0.3) is 10.9 Å². The number of quaternary nitrogens is 1. The van der Waals surface area contributed by atoms with Crippen LogP contribution >= 0.6 is 0 Å². The number of hydroxylamine groups is 3. The molecule has 1 saturated heterocycles. The number of H-pyrrole nitrogens is 1. The summed E-state index contributed by atoms with van der Waals surface area (Å²) in [6.45, 7) is 4.61. The maximum atomic E-state index is 11.8. The Labute approximate surface area is 205 Å². The number of aromatic hydroxyl groups is 2. The molecule has 7 nitrogen and oxygen atoms in total. The van der Waals surface area contributed by atoms with E-state index in [0.717, 1.165) is 67.2 Å². The summed E-state index contributed by atoms with van der Waals surface area (Å²) in [6.07, 6.45) is 4.67. The minimum atomic E-state index is -0.0104. The third kappa shape index (κ3) is 3.68. The molecule has 0 radical (unpaired) electrons. The van der Waals surface area contributed by atoms with Gasteiger partial charge in [0, 0.05) is 47.0 Å². The molecule has 0 unspecified atom stereocenters. The lowest BCUT2D eigenvalue weighted by Crippen LogP contribution is -2.58. The fourth-order valence-electron chi connectivity index (χ4n) is 7.17. The predicted octanol–water partition coefficient (Wildman–Crippen LogP) is 4.71. The van der Waals surface area contributed by atoms with E-state index in [-0.39, 0.29) is 22.5 Å². The van der Waals surface area contributed by atoms with Gasteiger partial charge in [0.05, 0.1) is 7.11 Å². The highest BCUT2D eigenvalue weighted by atomic mass is 16.5. The van der Waals surface area contributed by atoms with Crippen molar-refractivity contribution in [3.05, 3.63) is 52.7 Å². The molecule has 0 bridgehead atoms. The Balaban J connectivity index is 1.33. The van der Waals surface area contributed by atoms with Crippen molar-refractivity contribution in [2.75, 3.05) is 26.7 Å². The number of benzene rings is 2. The third-order valence-corrected chi connectivity index (χ3v) is 8.99. The molecule has 0 aliphatic carbocycles. The van der Waals surface area contributed by atoms with Crippen LogP contribution in [0.2, 0.25) is 0 Å². The van der Waals surface area contributed by atoms with Gasteiger partial charge < -0.3 is 25.3 Å². The second-order valence-electron chi connectivity index (χ2n) is 10.8. The number of nitrogens with one attached hydrogen (secondary N) is 2. The normalized spacial score (nSPS) is 29.9. The highest BCUT2D eigenvalue weighted by molar-refractivity contribution is 5.86. The molecular formula is C28H36N3O4+. The van der Waals surface area contributed by atoms with Crippen molar-refractivity contribution in [2.45, 2.75) is 51.1 Å². The fraction of sp³-hybridized carbons (Fsp3) is 0.500. The number of fused-ring (bicyclic) bond motifs is 6. The Bertz CT molecular complexity index is 1270. The molecule has 5 N–H and O–H groups in total. The number of piperidine rings is 1. The van der Waals surface area contributed by atoms with Gasteiger partial charge in [0.2, 0.25) is 0 Å². The van der Waals surface area contributed by atoms with Gasteiger partial charge in [0.15, 0.2) is 11.5 Å². The molecule has 7 heteroatoms. The molecule has 4 heterocycles. The van der Waals surface area contributed by atoms with Crippen LogP contribution < -0.4 is 10.1 Å². The lowest BCUT2D eigenvalue weighted by atomic mass is 9.72. The molecule has 35 heavy (non-hydrogen) atoms. The second kappa shape index (κ2) is 8.43. The highest BCUT2D eigenvalue weighted by Crippen LogP contribution is 2.50. The topological polar surface area (TPSA) is 97.7 Å². The van der Waals surface area contributed by atoms with Gasteiger partial charge in [-0.2, -0.15) is 4.65 Å². The first kappa shape index (κ1) is 22.7. The van der Waals surface area contributed by atoms with Crippen molar-refractivity contribution in [3.63, 3.8) is 0 Å². The number of phenols is 2. The van der Waals surface area contributed by atoms with Crippen molar-refractivity contribution in [1.82, 2.24) is 10.3 Å². The number of methoxy groups -OCH3 is 1. The Kier molecular flexibility index (Phi) is 5.47. The van der Waals surface area contributed by atoms with Crippen molar-refractivity contribution in [2.24, 2.45) is 11.8 Å². The average Bonchev–Trinajstić information content (AvgIpc) is 3.22. The number of rotatable bonds is 4. The summed E-state index contributed by atoms with van der Waals surface area (Å²) in [7, 11) is 1.58. The molecule has 1 aromatic heterocycles. The smallest absolute Gasteiger partial charge is 0.161 e. The van der Waals surface area contributed by atoms with Crippen LogP contribution in [0.15, 0.2) is 30.3 Å². The van der Waals surface area contributed by atoms with Crippen molar-refractivity contribution in [3.8, 4) is 17.2 Å². The number of aromatic amines is 1. The van der Waals surface area contributed by atoms with E-state index >= 15 is 0 Å². The first-order valence-corrected chi connectivity index (χ1v) is 13.0. The van der Waals surface area contributed by atoms with E-state index < -0.39 is 0 Å². The van der Waals surface area contributed by atoms with E-state index in [9.17, 15) is 15.4 Å². The number of nitrogens with zero attached hydrogens (tertiary/aromatic N) is 1. The molecular weight excluding hydrogens is 442 g/mol. The van der Waals surface area contributed by atoms with Gasteiger partial charge in [-0.15, -0.1) is 0 Å². The summed E-state index contributed by atoms with van der Waals surface area (Å²) in [6, 6.07) is 9.57. The maximum Gasteiger partial charge on any atom is 0.161 e. The van der Waals surface area contributed by atoms with Gasteiger partial charge in [-0.1, -0.05) is 6.92 Å². The molecule has 6 rings (SSSR count). The van der Waals surface area contributed by atoms with Crippen molar-refractivity contribution in [1.29, 1.82) is 0 Å². The molecule has 1 fully saturated rings. The van der Waals surface area contributed by atoms with Crippen LogP contribution in [-0.2, 0) is 12.8 Å². The molecule has 0 spiro atoms. The van der Waals surface area contributed by atoms with E-state index in [4.69, 9.17) is 4.74 Å². The van der Waals surface area contributed by atoms with Gasteiger partial charge in [-0.3, -0.25) is 0 Å². The maximum absolute atomic E-state index is 11.8. The number of hydrogen-bond acceptors (Lipinski definition) is 5. The largest absolute Gasteiger partial charge is 0.508 e. The molecule has 0 saturated carbocycles. The first-order chi connectivity index (χ1) is 16.9. The lowest BCUT2D eigenvalue weighted by molar-refractivity contribution is -1.13. The zero-order valence-electron chi connectivity index (χ0n) is 20.6. The van der Waals surface area contributed by atoms with Crippen molar-refractivity contribution < 1.29 is 24.8 Å². The van der Waals surface area contributed by atoms with Crippen LogP contribution in [0.1, 0.15) is 60.7 Å². The van der Waals surface area contributed by atoms with Crippen LogP contribution in [-0.4, -0.2) is 51.8 Å². The predicted molar refractivity (Wildman–Crippen MR) is 134 cm³/mol. The summed E-state index contributed by atoms with van der Waals surface area (Å²) < 4.78 is 5.51. The Hall–Kier alpha value is -2.74. The van der Waals surface area contributed by atoms with E-state index in [1.54, 1.807) is 13.2 Å². The van der Waals surface area contributed by atoms with Gasteiger partial charge in [-0.05, 0) is 73.2 Å². The summed E-state index contributed by atoms with van der Waals surface area (Å²) in [5, 5.41) is 37.0. The van der Waals surface area contributed by atoms with E-state index in [0.29, 0.717) is 29.9 Å². The third-order valence-electron chi connectivity index (χ3n) is 8.99. The van der Waals surface area contributed by atoms with E-state index in [2.05, 4.69) is 17.2 Å². The Morgan fingerprint density at radius 3 is 2.77 bits per heavy atom. The van der Waals surface area contributed by atoms with Gasteiger partial charge >= 0.3 is 0 Å². The Morgan fingerprint density at radius 2 is 1.97 bits per heavy atom. The fourth-order valence-corrected chi connectivity index (χ4v) is 7.17. The summed E-state index contributed by atoms with van der Waals surface area (Å²) in [5.74, 6) is 1.86. The number of phenolic OH excluding ortho intramolecular Hbond substituents is 2. The standard InChI is InChI=1S/C28H35N3O4/c1-3-16-15-31(34)9-7-17-12-26(33)27(35-2)14-21(17)25(31)11-18(16)10-24-28-20(6-8-29-24)22-13-19(32)4-5-23(22)30-28/h4-5,12-14,16,18,24-25,29-30,34H,3,6-11,15H2,1-2H3,(H-,32,33)/p+1/t16-,18-,24-,25-,31+/m0/s1. The van der Waals surface area contributed by atoms with Crippen LogP contribution in [0.5, 0.6) is 17.2 Å². The molecule has 2 aromatic carbocycles. The average molecular weight is 479 g/mol. The van der Waals surface area contributed by atoms with Gasteiger partial charge in [0.25, 0.3) is 0 Å². The number of hydrogen-bond donors (Lipinski definition) is 5. The zero-order valence-corrected chi connectivity index (χ0v) is 20.6. The first-order valence-electron chi connectivity index (χ1n) is 13.0. The quantitative estimate of drug-likeness (QED) is 0.350. The van der Waals surface area contributed by atoms with E-state index in [1.165, 1.54) is 11.3 Å². The zero-order chi connectivity index (χ0) is 24.3. The van der Waals surface area contributed by atoms with Crippen molar-refractivity contribution >= 4 is 10.9 Å². The number of ether oxygens (including phenoxy) is 1. The number of aromatic nitrogens is 1. The van der Waals surface area contributed by atoms with E-state index in [1.807, 2.05) is 24.3 Å². The highest BCUT2D eigenvalue weighted by Gasteiger charge is 2.51. The molecule has 0 amide bonds. The second-order valence-corrected chi connectivity index (χ2v) is 10.8. The summed E-state index contributed by atoms with van der Waals surface area (Å²) in [4.78, 5) is 3.65. The van der Waals surface area contributed by atoms with Crippen LogP contribution in [0.3, 0.4) is 0 Å². The lowest BCUT2D eigenvalue weighted by Gasteiger charge is -2.50. The van der Waals surface area contributed by atoms with Gasteiger partial charge in [-0.25, -0.2) is 5.21 Å². The van der Waals surface area contributed by atoms with Crippen LogP contribution in [0.4, 0.5) is 0 Å². The summed E-state index contributed by atoms with van der Waals surface area (Å²) >= 11 is 0. The van der Waals surface area contributed by atoms with Gasteiger partial charge in [0.1, 0.15) is 24.9 Å². The molecule has 3 aromatic rings. The minimum Gasteiger partial charge on any atom is -0.508 e. The monoisotopic (exact) mass is 478 g/mol. The molecule has 3 aliphatic heterocycles. The molecule has 3 aliphatic rings. The molecule has 5 atom stereocenters. The van der Waals surface area contributed by atoms with Crippen LogP contribution in [0, 0.1) is 11.8 Å². The molecule has 186 valence electrons. The SMILES string of the molecule is CC[C@H]1C[N@+]2(O)CCc3cc(O)c(OC)cc3[C@@H]2C[C@@H]1C[C@@H]1NCCc2c1[nH]c1ccc(O)cc21. The Morgan fingerprint density at radius 1 is 1.11 bits per heavy atom.